The third-order valence-electron chi connectivity index (χ3n) is 2.46. The molecule has 0 aliphatic rings. The molecular formula is C12H13BrN2O2. The fraction of sp³-hybridized carbons (Fsp3) is 0.333. The Balaban J connectivity index is 2.53. The van der Waals surface area contributed by atoms with Gasteiger partial charge in [0.15, 0.2) is 0 Å². The van der Waals surface area contributed by atoms with Gasteiger partial charge in [0, 0.05) is 18.1 Å². The third kappa shape index (κ3) is 2.34. The minimum atomic E-state index is -0.300. The average Bonchev–Trinajstić information content (AvgIpc) is 2.70. The number of hydrogen-bond donors (Lipinski definition) is 0. The van der Waals surface area contributed by atoms with Crippen LogP contribution < -0.4 is 0 Å². The predicted octanol–water partition coefficient (Wildman–Crippen LogP) is 2.61. The van der Waals surface area contributed by atoms with Gasteiger partial charge in [0.1, 0.15) is 5.69 Å². The average molecular weight is 297 g/mol. The van der Waals surface area contributed by atoms with Crippen LogP contribution in [0.15, 0.2) is 24.4 Å². The minimum absolute atomic E-state index is 0.300. The smallest absolute Gasteiger partial charge is 0.355 e. The Labute approximate surface area is 108 Å². The first-order chi connectivity index (χ1) is 8.27. The molecule has 2 rings (SSSR count). The molecule has 90 valence electrons. The molecule has 0 radical (unpaired) electrons. The highest BCUT2D eigenvalue weighted by molar-refractivity contribution is 9.09. The highest BCUT2D eigenvalue weighted by atomic mass is 79.9. The second kappa shape index (κ2) is 5.31. The number of alkyl halides is 1. The Morgan fingerprint density at radius 1 is 1.59 bits per heavy atom. The van der Waals surface area contributed by atoms with E-state index in [1.165, 1.54) is 0 Å². The Bertz CT molecular complexity index is 536. The van der Waals surface area contributed by atoms with Crippen molar-refractivity contribution in [2.45, 2.75) is 13.5 Å². The maximum Gasteiger partial charge on any atom is 0.355 e. The zero-order valence-electron chi connectivity index (χ0n) is 9.52. The van der Waals surface area contributed by atoms with Crippen LogP contribution >= 0.6 is 15.9 Å². The van der Waals surface area contributed by atoms with Crippen molar-refractivity contribution in [3.8, 4) is 0 Å². The number of pyridine rings is 1. The van der Waals surface area contributed by atoms with Crippen LogP contribution in [0.3, 0.4) is 0 Å². The van der Waals surface area contributed by atoms with Crippen LogP contribution in [-0.4, -0.2) is 27.5 Å². The summed E-state index contributed by atoms with van der Waals surface area (Å²) in [6.07, 6.45) is 1.72. The number of fused-ring (bicyclic) bond motifs is 1. The highest BCUT2D eigenvalue weighted by Crippen LogP contribution is 2.18. The molecule has 5 heteroatoms. The van der Waals surface area contributed by atoms with Crippen LogP contribution in [0.5, 0.6) is 0 Å². The Kier molecular flexibility index (Phi) is 3.78. The molecule has 0 aromatic carbocycles. The lowest BCUT2D eigenvalue weighted by Crippen LogP contribution is -2.12. The van der Waals surface area contributed by atoms with Crippen molar-refractivity contribution < 1.29 is 9.53 Å². The molecule has 0 N–H and O–H groups in total. The van der Waals surface area contributed by atoms with Gasteiger partial charge in [-0.05, 0) is 25.1 Å². The molecule has 2 aromatic heterocycles. The summed E-state index contributed by atoms with van der Waals surface area (Å²) in [7, 11) is 0. The fourth-order valence-electron chi connectivity index (χ4n) is 1.79. The van der Waals surface area contributed by atoms with Gasteiger partial charge in [-0.15, -0.1) is 0 Å². The van der Waals surface area contributed by atoms with E-state index < -0.39 is 0 Å². The van der Waals surface area contributed by atoms with E-state index in [1.54, 1.807) is 19.2 Å². The van der Waals surface area contributed by atoms with E-state index in [4.69, 9.17) is 4.74 Å². The number of ether oxygens (including phenoxy) is 1. The van der Waals surface area contributed by atoms with E-state index in [0.29, 0.717) is 18.8 Å². The molecule has 0 aliphatic carbocycles. The van der Waals surface area contributed by atoms with Crippen LogP contribution in [-0.2, 0) is 11.3 Å². The Morgan fingerprint density at radius 3 is 3.12 bits per heavy atom. The molecule has 0 unspecified atom stereocenters. The predicted molar refractivity (Wildman–Crippen MR) is 69.5 cm³/mol. The number of hydrogen-bond acceptors (Lipinski definition) is 3. The lowest BCUT2D eigenvalue weighted by molar-refractivity contribution is 0.0514. The van der Waals surface area contributed by atoms with Crippen LogP contribution in [0, 0.1) is 0 Å². The van der Waals surface area contributed by atoms with Gasteiger partial charge >= 0.3 is 5.97 Å². The molecule has 2 heterocycles. The summed E-state index contributed by atoms with van der Waals surface area (Å²) in [4.78, 5) is 16.1. The summed E-state index contributed by atoms with van der Waals surface area (Å²) >= 11 is 3.39. The number of esters is 1. The van der Waals surface area contributed by atoms with Gasteiger partial charge in [-0.3, -0.25) is 4.98 Å². The molecule has 0 amide bonds. The van der Waals surface area contributed by atoms with Gasteiger partial charge in [-0.1, -0.05) is 15.9 Å². The van der Waals surface area contributed by atoms with Crippen molar-refractivity contribution in [1.29, 1.82) is 0 Å². The molecule has 2 aromatic rings. The molecule has 0 saturated carbocycles. The lowest BCUT2D eigenvalue weighted by Gasteiger charge is -2.07. The van der Waals surface area contributed by atoms with Gasteiger partial charge in [0.2, 0.25) is 0 Å². The monoisotopic (exact) mass is 296 g/mol. The number of carbonyl (C=O) groups excluding carboxylic acids is 1. The Hall–Kier alpha value is -1.36. The molecule has 0 fully saturated rings. The van der Waals surface area contributed by atoms with Crippen molar-refractivity contribution in [3.05, 3.63) is 30.1 Å². The van der Waals surface area contributed by atoms with E-state index in [9.17, 15) is 4.79 Å². The summed E-state index contributed by atoms with van der Waals surface area (Å²) in [5.74, 6) is -0.300. The molecule has 0 spiro atoms. The topological polar surface area (TPSA) is 44.1 Å². The van der Waals surface area contributed by atoms with Crippen molar-refractivity contribution in [3.63, 3.8) is 0 Å². The zero-order valence-corrected chi connectivity index (χ0v) is 11.1. The van der Waals surface area contributed by atoms with E-state index >= 15 is 0 Å². The molecule has 0 atom stereocenters. The van der Waals surface area contributed by atoms with E-state index in [1.807, 2.05) is 16.7 Å². The van der Waals surface area contributed by atoms with Crippen molar-refractivity contribution in [2.24, 2.45) is 0 Å². The van der Waals surface area contributed by atoms with E-state index in [0.717, 1.165) is 16.4 Å². The standard InChI is InChI=1S/C12H13BrN2O2/c1-2-17-12(16)11-8-9-10(4-3-6-14-9)15(11)7-5-13/h3-4,6,8H,2,5,7H2,1H3. The first-order valence-electron chi connectivity index (χ1n) is 5.45. The Morgan fingerprint density at radius 2 is 2.41 bits per heavy atom. The molecule has 0 bridgehead atoms. The normalized spacial score (nSPS) is 10.7. The quantitative estimate of drug-likeness (QED) is 0.643. The number of rotatable bonds is 4. The van der Waals surface area contributed by atoms with Crippen LogP contribution in [0.4, 0.5) is 0 Å². The molecule has 4 nitrogen and oxygen atoms in total. The molecule has 17 heavy (non-hydrogen) atoms. The highest BCUT2D eigenvalue weighted by Gasteiger charge is 2.16. The molecule has 0 saturated heterocycles. The van der Waals surface area contributed by atoms with Crippen molar-refractivity contribution in [1.82, 2.24) is 9.55 Å². The van der Waals surface area contributed by atoms with Crippen LogP contribution in [0.2, 0.25) is 0 Å². The fourth-order valence-corrected chi connectivity index (χ4v) is 2.14. The SMILES string of the molecule is CCOC(=O)c1cc2ncccc2n1CCBr. The van der Waals surface area contributed by atoms with Gasteiger partial charge < -0.3 is 9.30 Å². The number of nitrogens with zero attached hydrogens (tertiary/aromatic N) is 2. The molecule has 0 aliphatic heterocycles. The summed E-state index contributed by atoms with van der Waals surface area (Å²) in [6.45, 7) is 2.89. The number of aryl methyl sites for hydroxylation is 1. The number of aromatic nitrogens is 2. The molecular weight excluding hydrogens is 284 g/mol. The first kappa shape index (κ1) is 12.1. The van der Waals surface area contributed by atoms with Gasteiger partial charge in [0.25, 0.3) is 0 Å². The van der Waals surface area contributed by atoms with Crippen LogP contribution in [0.25, 0.3) is 11.0 Å². The second-order valence-corrected chi connectivity index (χ2v) is 4.29. The summed E-state index contributed by atoms with van der Waals surface area (Å²) in [6, 6.07) is 5.59. The lowest BCUT2D eigenvalue weighted by atomic mass is 10.4. The summed E-state index contributed by atoms with van der Waals surface area (Å²) in [5.41, 5.74) is 2.33. The first-order valence-corrected chi connectivity index (χ1v) is 6.57. The van der Waals surface area contributed by atoms with Gasteiger partial charge in [-0.2, -0.15) is 0 Å². The maximum atomic E-state index is 11.8. The second-order valence-electron chi connectivity index (χ2n) is 3.50. The third-order valence-corrected chi connectivity index (χ3v) is 2.82. The maximum absolute atomic E-state index is 11.8. The van der Waals surface area contributed by atoms with Crippen molar-refractivity contribution in [2.75, 3.05) is 11.9 Å². The number of halogens is 1. The van der Waals surface area contributed by atoms with Crippen LogP contribution in [0.1, 0.15) is 17.4 Å². The number of carbonyl (C=O) groups is 1. The largest absolute Gasteiger partial charge is 0.461 e. The summed E-state index contributed by atoms with van der Waals surface area (Å²) in [5, 5.41) is 0.776. The minimum Gasteiger partial charge on any atom is -0.461 e. The van der Waals surface area contributed by atoms with Gasteiger partial charge in [-0.25, -0.2) is 4.79 Å². The summed E-state index contributed by atoms with van der Waals surface area (Å²) < 4.78 is 6.97. The van der Waals surface area contributed by atoms with E-state index in [2.05, 4.69) is 20.9 Å². The van der Waals surface area contributed by atoms with Crippen molar-refractivity contribution >= 4 is 32.9 Å². The van der Waals surface area contributed by atoms with Gasteiger partial charge in [0.05, 0.1) is 17.6 Å². The zero-order chi connectivity index (χ0) is 12.3. The van der Waals surface area contributed by atoms with E-state index in [-0.39, 0.29) is 5.97 Å².